The van der Waals surface area contributed by atoms with Gasteiger partial charge in [0.25, 0.3) is 10.0 Å². The Morgan fingerprint density at radius 3 is 2.26 bits per heavy atom. The molecule has 3 aromatic rings. The minimum absolute atomic E-state index is 0.119. The van der Waals surface area contributed by atoms with E-state index in [-0.39, 0.29) is 17.3 Å². The van der Waals surface area contributed by atoms with Crippen molar-refractivity contribution in [3.8, 4) is 5.75 Å². The Labute approximate surface area is 202 Å². The summed E-state index contributed by atoms with van der Waals surface area (Å²) in [5.74, 6) is 0.0111. The molecule has 3 rings (SSSR count). The predicted molar refractivity (Wildman–Crippen MR) is 136 cm³/mol. The molecule has 0 fully saturated rings. The molecular formula is C27H32N2O4S. The Balaban J connectivity index is 1.79. The highest BCUT2D eigenvalue weighted by Crippen LogP contribution is 2.33. The zero-order valence-corrected chi connectivity index (χ0v) is 21.0. The summed E-state index contributed by atoms with van der Waals surface area (Å²) in [6.45, 7) is 5.91. The van der Waals surface area contributed by atoms with Crippen molar-refractivity contribution < 1.29 is 17.9 Å². The molecule has 1 amide bonds. The summed E-state index contributed by atoms with van der Waals surface area (Å²) < 4.78 is 33.7. The van der Waals surface area contributed by atoms with E-state index in [4.69, 9.17) is 4.74 Å². The molecule has 34 heavy (non-hydrogen) atoms. The van der Waals surface area contributed by atoms with Gasteiger partial charge in [0.05, 0.1) is 17.7 Å². The third-order valence-electron chi connectivity index (χ3n) is 5.55. The number of aryl methyl sites for hydroxylation is 4. The number of ether oxygens (including phenoxy) is 1. The van der Waals surface area contributed by atoms with Gasteiger partial charge in [-0.2, -0.15) is 0 Å². The van der Waals surface area contributed by atoms with E-state index in [1.165, 1.54) is 18.2 Å². The molecule has 6 nitrogen and oxygen atoms in total. The smallest absolute Gasteiger partial charge is 0.264 e. The summed E-state index contributed by atoms with van der Waals surface area (Å²) in [7, 11) is -2.52. The van der Waals surface area contributed by atoms with E-state index in [2.05, 4.69) is 17.4 Å². The van der Waals surface area contributed by atoms with Gasteiger partial charge in [-0.25, -0.2) is 8.42 Å². The standard InChI is InChI=1S/C27H32N2O4S/c1-20-10-13-24(14-11-20)34(31,32)29(25-18-22(3)12-15-26(25)33-4)19-27(30)28-16-6-9-23-8-5-7-21(2)17-23/h5,7-8,10-15,17-18H,6,9,16,19H2,1-4H3,(H,28,30). The van der Waals surface area contributed by atoms with Crippen LogP contribution in [0.15, 0.2) is 71.6 Å². The molecule has 0 atom stereocenters. The van der Waals surface area contributed by atoms with Gasteiger partial charge < -0.3 is 10.1 Å². The lowest BCUT2D eigenvalue weighted by Gasteiger charge is -2.26. The Kier molecular flexibility index (Phi) is 8.34. The number of nitrogens with one attached hydrogen (secondary N) is 1. The third kappa shape index (κ3) is 6.38. The van der Waals surface area contributed by atoms with Crippen LogP contribution in [0, 0.1) is 20.8 Å². The molecule has 7 heteroatoms. The van der Waals surface area contributed by atoms with Gasteiger partial charge in [-0.05, 0) is 69.0 Å². The highest BCUT2D eigenvalue weighted by molar-refractivity contribution is 7.92. The van der Waals surface area contributed by atoms with Gasteiger partial charge in [-0.3, -0.25) is 9.10 Å². The van der Waals surface area contributed by atoms with Crippen LogP contribution in [0.5, 0.6) is 5.75 Å². The first kappa shape index (κ1) is 25.3. The monoisotopic (exact) mass is 480 g/mol. The minimum Gasteiger partial charge on any atom is -0.495 e. The Bertz CT molecular complexity index is 1240. The lowest BCUT2D eigenvalue weighted by molar-refractivity contribution is -0.119. The molecule has 0 aliphatic rings. The third-order valence-corrected chi connectivity index (χ3v) is 7.32. The predicted octanol–water partition coefficient (Wildman–Crippen LogP) is 4.56. The van der Waals surface area contributed by atoms with Crippen molar-refractivity contribution in [2.45, 2.75) is 38.5 Å². The lowest BCUT2D eigenvalue weighted by atomic mass is 10.1. The van der Waals surface area contributed by atoms with Crippen molar-refractivity contribution in [1.29, 1.82) is 0 Å². The topological polar surface area (TPSA) is 75.7 Å². The maximum absolute atomic E-state index is 13.6. The number of carbonyl (C=O) groups is 1. The minimum atomic E-state index is -4.00. The number of anilines is 1. The van der Waals surface area contributed by atoms with E-state index in [0.29, 0.717) is 18.0 Å². The second-order valence-corrected chi connectivity index (χ2v) is 10.3. The maximum Gasteiger partial charge on any atom is 0.264 e. The Morgan fingerprint density at radius 1 is 0.912 bits per heavy atom. The van der Waals surface area contributed by atoms with Crippen LogP contribution in [0.1, 0.15) is 28.7 Å². The molecule has 0 bridgehead atoms. The van der Waals surface area contributed by atoms with Crippen molar-refractivity contribution >= 4 is 21.6 Å². The van der Waals surface area contributed by atoms with Gasteiger partial charge in [0.15, 0.2) is 0 Å². The van der Waals surface area contributed by atoms with Crippen molar-refractivity contribution in [2.75, 3.05) is 24.5 Å². The first-order valence-electron chi connectivity index (χ1n) is 11.3. The number of rotatable bonds is 10. The summed E-state index contributed by atoms with van der Waals surface area (Å²) in [5, 5.41) is 2.87. The second kappa shape index (κ2) is 11.2. The summed E-state index contributed by atoms with van der Waals surface area (Å²) in [4.78, 5) is 13.0. The Morgan fingerprint density at radius 2 is 1.59 bits per heavy atom. The Hall–Kier alpha value is -3.32. The molecule has 0 heterocycles. The molecular weight excluding hydrogens is 448 g/mol. The van der Waals surface area contributed by atoms with Crippen molar-refractivity contribution in [2.24, 2.45) is 0 Å². The second-order valence-electron chi connectivity index (χ2n) is 8.44. The zero-order valence-electron chi connectivity index (χ0n) is 20.2. The van der Waals surface area contributed by atoms with E-state index in [1.54, 1.807) is 36.4 Å². The molecule has 0 spiro atoms. The van der Waals surface area contributed by atoms with Crippen LogP contribution in [-0.4, -0.2) is 34.5 Å². The molecule has 1 N–H and O–H groups in total. The van der Waals surface area contributed by atoms with Crippen LogP contribution in [0.2, 0.25) is 0 Å². The molecule has 0 aromatic heterocycles. The fourth-order valence-electron chi connectivity index (χ4n) is 3.71. The average molecular weight is 481 g/mol. The lowest BCUT2D eigenvalue weighted by Crippen LogP contribution is -2.41. The highest BCUT2D eigenvalue weighted by Gasteiger charge is 2.29. The molecule has 3 aromatic carbocycles. The highest BCUT2D eigenvalue weighted by atomic mass is 32.2. The first-order chi connectivity index (χ1) is 16.2. The van der Waals surface area contributed by atoms with Crippen molar-refractivity contribution in [3.63, 3.8) is 0 Å². The van der Waals surface area contributed by atoms with Crippen LogP contribution in [0.4, 0.5) is 5.69 Å². The van der Waals surface area contributed by atoms with Crippen LogP contribution in [-0.2, 0) is 21.2 Å². The number of methoxy groups -OCH3 is 1. The number of sulfonamides is 1. The number of amides is 1. The van der Waals surface area contributed by atoms with Gasteiger partial charge in [0.1, 0.15) is 12.3 Å². The van der Waals surface area contributed by atoms with E-state index >= 15 is 0 Å². The van der Waals surface area contributed by atoms with E-state index in [0.717, 1.165) is 28.3 Å². The van der Waals surface area contributed by atoms with E-state index in [1.807, 2.05) is 39.0 Å². The number of hydrogen-bond acceptors (Lipinski definition) is 4. The molecule has 0 saturated carbocycles. The maximum atomic E-state index is 13.6. The van der Waals surface area contributed by atoms with E-state index < -0.39 is 10.0 Å². The van der Waals surface area contributed by atoms with Crippen molar-refractivity contribution in [1.82, 2.24) is 5.32 Å². The molecule has 0 radical (unpaired) electrons. The van der Waals surface area contributed by atoms with Crippen molar-refractivity contribution in [3.05, 3.63) is 89.0 Å². The quantitative estimate of drug-likeness (QED) is 0.432. The molecule has 0 aliphatic heterocycles. The van der Waals surface area contributed by atoms with Gasteiger partial charge in [-0.1, -0.05) is 53.6 Å². The molecule has 0 saturated heterocycles. The molecule has 0 aliphatic carbocycles. The van der Waals surface area contributed by atoms with Crippen LogP contribution >= 0.6 is 0 Å². The SMILES string of the molecule is COc1ccc(C)cc1N(CC(=O)NCCCc1cccc(C)c1)S(=O)(=O)c1ccc(C)cc1. The zero-order chi connectivity index (χ0) is 24.7. The summed E-state index contributed by atoms with van der Waals surface area (Å²) in [6.07, 6.45) is 1.59. The van der Waals surface area contributed by atoms with E-state index in [9.17, 15) is 13.2 Å². The van der Waals surface area contributed by atoms with Crippen LogP contribution in [0.25, 0.3) is 0 Å². The van der Waals surface area contributed by atoms with Gasteiger partial charge in [0, 0.05) is 6.54 Å². The van der Waals surface area contributed by atoms with Crippen LogP contribution < -0.4 is 14.4 Å². The summed E-state index contributed by atoms with van der Waals surface area (Å²) in [6, 6.07) is 20.1. The summed E-state index contributed by atoms with van der Waals surface area (Å²) in [5.41, 5.74) is 4.55. The number of nitrogens with zero attached hydrogens (tertiary/aromatic N) is 1. The van der Waals surface area contributed by atoms with Gasteiger partial charge in [0.2, 0.25) is 5.91 Å². The number of carbonyl (C=O) groups excluding carboxylic acids is 1. The average Bonchev–Trinajstić information content (AvgIpc) is 2.80. The van der Waals surface area contributed by atoms with Crippen LogP contribution in [0.3, 0.4) is 0 Å². The molecule has 180 valence electrons. The fraction of sp³-hybridized carbons (Fsp3) is 0.296. The normalized spacial score (nSPS) is 11.2. The van der Waals surface area contributed by atoms with Gasteiger partial charge in [-0.15, -0.1) is 0 Å². The first-order valence-corrected chi connectivity index (χ1v) is 12.7. The van der Waals surface area contributed by atoms with Gasteiger partial charge >= 0.3 is 0 Å². The number of benzene rings is 3. The largest absolute Gasteiger partial charge is 0.495 e. The molecule has 0 unspecified atom stereocenters. The summed E-state index contributed by atoms with van der Waals surface area (Å²) >= 11 is 0. The fourth-order valence-corrected chi connectivity index (χ4v) is 5.13. The number of hydrogen-bond donors (Lipinski definition) is 1.